The summed E-state index contributed by atoms with van der Waals surface area (Å²) in [6, 6.07) is 5.44. The molecule has 0 spiro atoms. The normalized spacial score (nSPS) is 18.8. The number of amides is 1. The number of carbonyl (C=O) groups is 1. The Morgan fingerprint density at radius 1 is 1.39 bits per heavy atom. The van der Waals surface area contributed by atoms with E-state index in [0.717, 1.165) is 37.2 Å². The molecular weight excluding hydrogens is 335 g/mol. The van der Waals surface area contributed by atoms with Crippen LogP contribution in [-0.2, 0) is 4.79 Å². The number of fused-ring (bicyclic) bond motifs is 1. The monoisotopic (exact) mass is 356 g/mol. The first kappa shape index (κ1) is 18.1. The Labute approximate surface area is 148 Å². The van der Waals surface area contributed by atoms with Crippen LogP contribution in [0.1, 0.15) is 25.3 Å². The van der Waals surface area contributed by atoms with Crippen molar-refractivity contribution in [2.75, 3.05) is 26.2 Å². The predicted octanol–water partition coefficient (Wildman–Crippen LogP) is 3.04. The molecule has 1 amide bonds. The third-order valence-electron chi connectivity index (χ3n) is 4.46. The van der Waals surface area contributed by atoms with Gasteiger partial charge in [-0.2, -0.15) is 0 Å². The number of carbonyl (C=O) groups excluding carboxylic acids is 1. The molecule has 2 heterocycles. The fourth-order valence-corrected chi connectivity index (χ4v) is 3.07. The lowest BCUT2D eigenvalue weighted by molar-refractivity contribution is -0.118. The van der Waals surface area contributed by atoms with E-state index < -0.39 is 0 Å². The molecule has 0 unspecified atom stereocenters. The second-order valence-corrected chi connectivity index (χ2v) is 6.82. The summed E-state index contributed by atoms with van der Waals surface area (Å²) in [7, 11) is 0. The molecular formula is C17H22Cl2N2O2. The summed E-state index contributed by atoms with van der Waals surface area (Å²) in [5.41, 5.74) is 1.68. The molecule has 0 aromatic heterocycles. The number of piperidine rings is 1. The van der Waals surface area contributed by atoms with Crippen LogP contribution in [0.4, 0.5) is 0 Å². The summed E-state index contributed by atoms with van der Waals surface area (Å²) in [5.74, 6) is 0.719. The molecule has 6 heteroatoms. The van der Waals surface area contributed by atoms with Gasteiger partial charge in [-0.1, -0.05) is 18.5 Å². The van der Waals surface area contributed by atoms with E-state index in [9.17, 15) is 4.79 Å². The van der Waals surface area contributed by atoms with Crippen LogP contribution in [0.3, 0.4) is 0 Å². The average Bonchev–Trinajstić information content (AvgIpc) is 2.52. The number of hydrogen-bond acceptors (Lipinski definition) is 3. The van der Waals surface area contributed by atoms with Crippen LogP contribution in [0.5, 0.6) is 5.75 Å². The van der Waals surface area contributed by atoms with Gasteiger partial charge in [-0.05, 0) is 55.6 Å². The van der Waals surface area contributed by atoms with Crippen molar-refractivity contribution in [2.24, 2.45) is 5.41 Å². The fourth-order valence-electron chi connectivity index (χ4n) is 2.89. The van der Waals surface area contributed by atoms with E-state index in [1.807, 2.05) is 18.2 Å². The molecule has 1 fully saturated rings. The van der Waals surface area contributed by atoms with E-state index in [4.69, 9.17) is 16.3 Å². The molecule has 23 heavy (non-hydrogen) atoms. The van der Waals surface area contributed by atoms with Gasteiger partial charge in [0.15, 0.2) is 0 Å². The Bertz CT molecular complexity index is 611. The van der Waals surface area contributed by atoms with Gasteiger partial charge in [0.1, 0.15) is 12.4 Å². The number of ether oxygens (including phenoxy) is 1. The van der Waals surface area contributed by atoms with E-state index in [1.165, 1.54) is 0 Å². The standard InChI is InChI=1S/C17H21ClN2O2.ClH/c1-17(4-6-19-7-5-17)11-20-16(21)13-8-12-9-14(18)2-3-15(12)22-10-13;/h2-3,8-9,19H,4-7,10-11H2,1H3,(H,20,21);1H. The molecule has 2 aliphatic heterocycles. The first-order chi connectivity index (χ1) is 10.6. The number of benzene rings is 1. The molecule has 2 N–H and O–H groups in total. The maximum absolute atomic E-state index is 12.4. The van der Waals surface area contributed by atoms with Gasteiger partial charge in [0, 0.05) is 17.1 Å². The van der Waals surface area contributed by atoms with E-state index in [1.54, 1.807) is 6.07 Å². The molecule has 3 rings (SSSR count). The second-order valence-electron chi connectivity index (χ2n) is 6.38. The summed E-state index contributed by atoms with van der Waals surface area (Å²) in [4.78, 5) is 12.4. The molecule has 0 aliphatic carbocycles. The quantitative estimate of drug-likeness (QED) is 0.874. The van der Waals surface area contributed by atoms with E-state index in [2.05, 4.69) is 17.6 Å². The van der Waals surface area contributed by atoms with Crippen LogP contribution in [0.25, 0.3) is 6.08 Å². The van der Waals surface area contributed by atoms with Gasteiger partial charge in [-0.15, -0.1) is 12.4 Å². The Kier molecular flexibility index (Phi) is 5.95. The summed E-state index contributed by atoms with van der Waals surface area (Å²) in [6.07, 6.45) is 4.04. The largest absolute Gasteiger partial charge is 0.488 e. The molecule has 4 nitrogen and oxygen atoms in total. The highest BCUT2D eigenvalue weighted by molar-refractivity contribution is 6.30. The van der Waals surface area contributed by atoms with Gasteiger partial charge in [-0.3, -0.25) is 4.79 Å². The van der Waals surface area contributed by atoms with Crippen molar-refractivity contribution < 1.29 is 9.53 Å². The average molecular weight is 357 g/mol. The number of rotatable bonds is 3. The van der Waals surface area contributed by atoms with Gasteiger partial charge in [0.2, 0.25) is 0 Å². The number of hydrogen-bond donors (Lipinski definition) is 2. The first-order valence-electron chi connectivity index (χ1n) is 7.68. The van der Waals surface area contributed by atoms with Crippen LogP contribution < -0.4 is 15.4 Å². The van der Waals surface area contributed by atoms with Gasteiger partial charge in [-0.25, -0.2) is 0 Å². The van der Waals surface area contributed by atoms with Gasteiger partial charge < -0.3 is 15.4 Å². The van der Waals surface area contributed by atoms with Crippen molar-refractivity contribution in [1.82, 2.24) is 10.6 Å². The first-order valence-corrected chi connectivity index (χ1v) is 8.05. The SMILES string of the molecule is CC1(CNC(=O)C2=Cc3cc(Cl)ccc3OC2)CCNCC1.Cl. The molecule has 126 valence electrons. The minimum atomic E-state index is -0.0506. The zero-order valence-electron chi connectivity index (χ0n) is 13.2. The molecule has 2 aliphatic rings. The highest BCUT2D eigenvalue weighted by Gasteiger charge is 2.28. The van der Waals surface area contributed by atoms with Crippen LogP contribution in [-0.4, -0.2) is 32.1 Å². The summed E-state index contributed by atoms with van der Waals surface area (Å²) < 4.78 is 5.63. The van der Waals surface area contributed by atoms with Crippen LogP contribution in [0.15, 0.2) is 23.8 Å². The van der Waals surface area contributed by atoms with Crippen molar-refractivity contribution in [3.8, 4) is 5.75 Å². The lowest BCUT2D eigenvalue weighted by Crippen LogP contribution is -2.43. The van der Waals surface area contributed by atoms with Gasteiger partial charge in [0.25, 0.3) is 5.91 Å². The number of nitrogens with one attached hydrogen (secondary N) is 2. The van der Waals surface area contributed by atoms with E-state index >= 15 is 0 Å². The lowest BCUT2D eigenvalue weighted by atomic mass is 9.81. The summed E-state index contributed by atoms with van der Waals surface area (Å²) >= 11 is 5.99. The van der Waals surface area contributed by atoms with Crippen molar-refractivity contribution in [1.29, 1.82) is 0 Å². The zero-order chi connectivity index (χ0) is 15.6. The molecule has 0 bridgehead atoms. The minimum Gasteiger partial charge on any atom is -0.488 e. The van der Waals surface area contributed by atoms with Crippen molar-refractivity contribution in [2.45, 2.75) is 19.8 Å². The van der Waals surface area contributed by atoms with Crippen LogP contribution in [0, 0.1) is 5.41 Å². The lowest BCUT2D eigenvalue weighted by Gasteiger charge is -2.34. The molecule has 0 saturated carbocycles. The maximum atomic E-state index is 12.4. The van der Waals surface area contributed by atoms with Crippen molar-refractivity contribution in [3.63, 3.8) is 0 Å². The third-order valence-corrected chi connectivity index (χ3v) is 4.70. The van der Waals surface area contributed by atoms with Gasteiger partial charge in [0.05, 0.1) is 5.57 Å². The summed E-state index contributed by atoms with van der Waals surface area (Å²) in [6.45, 7) is 5.27. The zero-order valence-corrected chi connectivity index (χ0v) is 14.7. The molecule has 0 atom stereocenters. The van der Waals surface area contributed by atoms with Crippen LogP contribution >= 0.6 is 24.0 Å². The summed E-state index contributed by atoms with van der Waals surface area (Å²) in [5, 5.41) is 7.05. The molecule has 1 aromatic carbocycles. The fraction of sp³-hybridized carbons (Fsp3) is 0.471. The Balaban J connectivity index is 0.00000192. The Hall–Kier alpha value is -1.23. The molecule has 0 radical (unpaired) electrons. The Morgan fingerprint density at radius 2 is 2.13 bits per heavy atom. The van der Waals surface area contributed by atoms with Crippen LogP contribution in [0.2, 0.25) is 5.02 Å². The highest BCUT2D eigenvalue weighted by atomic mass is 35.5. The van der Waals surface area contributed by atoms with Crippen molar-refractivity contribution in [3.05, 3.63) is 34.4 Å². The maximum Gasteiger partial charge on any atom is 0.250 e. The highest BCUT2D eigenvalue weighted by Crippen LogP contribution is 2.30. The Morgan fingerprint density at radius 3 is 2.87 bits per heavy atom. The molecule has 1 aromatic rings. The second kappa shape index (κ2) is 7.56. The van der Waals surface area contributed by atoms with E-state index in [0.29, 0.717) is 23.7 Å². The minimum absolute atomic E-state index is 0. The smallest absolute Gasteiger partial charge is 0.250 e. The van der Waals surface area contributed by atoms with Gasteiger partial charge >= 0.3 is 0 Å². The topological polar surface area (TPSA) is 50.4 Å². The third kappa shape index (κ3) is 4.40. The van der Waals surface area contributed by atoms with Crippen molar-refractivity contribution >= 4 is 36.0 Å². The number of halogens is 2. The molecule has 1 saturated heterocycles. The van der Waals surface area contributed by atoms with E-state index in [-0.39, 0.29) is 23.7 Å². The predicted molar refractivity (Wildman–Crippen MR) is 95.4 cm³/mol.